The van der Waals surface area contributed by atoms with Gasteiger partial charge in [0.1, 0.15) is 0 Å². The van der Waals surface area contributed by atoms with Gasteiger partial charge in [0.05, 0.1) is 23.8 Å². The fourth-order valence-corrected chi connectivity index (χ4v) is 3.16. The van der Waals surface area contributed by atoms with Gasteiger partial charge >= 0.3 is 5.97 Å². The van der Waals surface area contributed by atoms with Crippen LogP contribution in [0, 0.1) is 13.8 Å². The molecule has 24 heavy (non-hydrogen) atoms. The van der Waals surface area contributed by atoms with Crippen LogP contribution in [0.4, 0.5) is 0 Å². The minimum absolute atomic E-state index is 0.195. The topological polar surface area (TPSA) is 84.8 Å². The Bertz CT molecular complexity index is 872. The first-order chi connectivity index (χ1) is 11.3. The first-order valence-electron chi connectivity index (χ1n) is 7.14. The van der Waals surface area contributed by atoms with Gasteiger partial charge in [-0.15, -0.1) is 0 Å². The number of sulfonamides is 1. The highest BCUT2D eigenvalue weighted by molar-refractivity contribution is 7.89. The molecule has 0 radical (unpaired) electrons. The summed E-state index contributed by atoms with van der Waals surface area (Å²) >= 11 is 0. The number of rotatable bonds is 5. The van der Waals surface area contributed by atoms with Crippen molar-refractivity contribution in [1.29, 1.82) is 0 Å². The fourth-order valence-electron chi connectivity index (χ4n) is 2.04. The van der Waals surface area contributed by atoms with E-state index in [-0.39, 0.29) is 4.90 Å². The van der Waals surface area contributed by atoms with Gasteiger partial charge in [-0.25, -0.2) is 9.63 Å². The predicted molar refractivity (Wildman–Crippen MR) is 91.6 cm³/mol. The summed E-state index contributed by atoms with van der Waals surface area (Å²) in [5, 5.41) is 3.78. The Morgan fingerprint density at radius 2 is 1.79 bits per heavy atom. The molecule has 0 aliphatic rings. The minimum atomic E-state index is -3.73. The lowest BCUT2D eigenvalue weighted by molar-refractivity contribution is 0.0600. The Morgan fingerprint density at radius 3 is 2.42 bits per heavy atom. The van der Waals surface area contributed by atoms with Crippen molar-refractivity contribution in [1.82, 2.24) is 4.83 Å². The first kappa shape index (κ1) is 17.7. The number of carbonyl (C=O) groups excluding carboxylic acids is 1. The highest BCUT2D eigenvalue weighted by Gasteiger charge is 2.15. The Labute approximate surface area is 141 Å². The lowest BCUT2D eigenvalue weighted by Crippen LogP contribution is -2.19. The molecule has 7 heteroatoms. The summed E-state index contributed by atoms with van der Waals surface area (Å²) in [5.41, 5.74) is 2.55. The summed E-state index contributed by atoms with van der Waals surface area (Å²) in [6, 6.07) is 11.6. The molecule has 0 aliphatic heterocycles. The molecule has 0 aromatic heterocycles. The third-order valence-corrected chi connectivity index (χ3v) is 4.72. The SMILES string of the molecule is COC(=O)c1ccc(/C=N/NS(=O)(=O)c2cc(C)ccc2C)cc1. The maximum Gasteiger partial charge on any atom is 0.337 e. The number of nitrogens with one attached hydrogen (secondary N) is 1. The predicted octanol–water partition coefficient (Wildman–Crippen LogP) is 2.40. The molecule has 126 valence electrons. The molecule has 0 atom stereocenters. The summed E-state index contributed by atoms with van der Waals surface area (Å²) < 4.78 is 29.2. The normalized spacial score (nSPS) is 11.5. The number of aryl methyl sites for hydroxylation is 2. The number of ether oxygens (including phenoxy) is 1. The minimum Gasteiger partial charge on any atom is -0.465 e. The molecule has 6 nitrogen and oxygen atoms in total. The molecule has 0 spiro atoms. The van der Waals surface area contributed by atoms with E-state index in [1.165, 1.54) is 13.3 Å². The first-order valence-corrected chi connectivity index (χ1v) is 8.62. The van der Waals surface area contributed by atoms with E-state index < -0.39 is 16.0 Å². The second-order valence-corrected chi connectivity index (χ2v) is 6.86. The van der Waals surface area contributed by atoms with Crippen molar-refractivity contribution in [3.8, 4) is 0 Å². The number of benzene rings is 2. The highest BCUT2D eigenvalue weighted by Crippen LogP contribution is 2.16. The monoisotopic (exact) mass is 346 g/mol. The Balaban J connectivity index is 2.13. The van der Waals surface area contributed by atoms with E-state index in [1.54, 1.807) is 43.3 Å². The smallest absolute Gasteiger partial charge is 0.337 e. The molecular weight excluding hydrogens is 328 g/mol. The molecule has 0 heterocycles. The van der Waals surface area contributed by atoms with Crippen molar-refractivity contribution < 1.29 is 17.9 Å². The average molecular weight is 346 g/mol. The van der Waals surface area contributed by atoms with Gasteiger partial charge in [0, 0.05) is 0 Å². The number of hydrogen-bond donors (Lipinski definition) is 1. The highest BCUT2D eigenvalue weighted by atomic mass is 32.2. The Hall–Kier alpha value is -2.67. The quantitative estimate of drug-likeness (QED) is 0.512. The molecule has 1 N–H and O–H groups in total. The van der Waals surface area contributed by atoms with Gasteiger partial charge in [-0.1, -0.05) is 24.3 Å². The van der Waals surface area contributed by atoms with Crippen LogP contribution in [0.2, 0.25) is 0 Å². The molecule has 0 aliphatic carbocycles. The standard InChI is InChI=1S/C17H18N2O4S/c1-12-4-5-13(2)16(10-12)24(21,22)19-18-11-14-6-8-15(9-7-14)17(20)23-3/h4-11,19H,1-3H3/b18-11+. The molecule has 2 aromatic carbocycles. The zero-order valence-corrected chi connectivity index (χ0v) is 14.4. The van der Waals surface area contributed by atoms with Gasteiger partial charge in [0.15, 0.2) is 0 Å². The Morgan fingerprint density at radius 1 is 1.12 bits per heavy atom. The molecule has 2 rings (SSSR count). The van der Waals surface area contributed by atoms with Crippen molar-refractivity contribution >= 4 is 22.2 Å². The molecule has 0 saturated heterocycles. The molecular formula is C17H18N2O4S. The van der Waals surface area contributed by atoms with E-state index in [1.807, 2.05) is 13.0 Å². The van der Waals surface area contributed by atoms with Gasteiger partial charge in [-0.3, -0.25) is 0 Å². The van der Waals surface area contributed by atoms with Crippen LogP contribution in [0.1, 0.15) is 27.0 Å². The van der Waals surface area contributed by atoms with E-state index in [0.29, 0.717) is 16.7 Å². The summed E-state index contributed by atoms with van der Waals surface area (Å²) in [5.74, 6) is -0.436. The maximum atomic E-state index is 12.3. The van der Waals surface area contributed by atoms with Crippen LogP contribution in [-0.4, -0.2) is 27.7 Å². The second kappa shape index (κ2) is 7.27. The number of carbonyl (C=O) groups is 1. The van der Waals surface area contributed by atoms with Crippen LogP contribution in [0.25, 0.3) is 0 Å². The van der Waals surface area contributed by atoms with Crippen LogP contribution in [0.5, 0.6) is 0 Å². The van der Waals surface area contributed by atoms with Crippen molar-refractivity contribution in [2.45, 2.75) is 18.7 Å². The molecule has 0 fully saturated rings. The number of methoxy groups -OCH3 is 1. The zero-order valence-electron chi connectivity index (χ0n) is 13.6. The maximum absolute atomic E-state index is 12.3. The fraction of sp³-hybridized carbons (Fsp3) is 0.176. The third kappa shape index (κ3) is 4.20. The van der Waals surface area contributed by atoms with Crippen molar-refractivity contribution in [3.05, 3.63) is 64.7 Å². The van der Waals surface area contributed by atoms with E-state index >= 15 is 0 Å². The zero-order chi connectivity index (χ0) is 17.7. The Kier molecular flexibility index (Phi) is 5.35. The van der Waals surface area contributed by atoms with E-state index in [9.17, 15) is 13.2 Å². The van der Waals surface area contributed by atoms with Gasteiger partial charge in [-0.2, -0.15) is 13.5 Å². The van der Waals surface area contributed by atoms with Crippen LogP contribution >= 0.6 is 0 Å². The van der Waals surface area contributed by atoms with Crippen LogP contribution < -0.4 is 4.83 Å². The average Bonchev–Trinajstić information content (AvgIpc) is 2.56. The van der Waals surface area contributed by atoms with Crippen molar-refractivity contribution in [2.75, 3.05) is 7.11 Å². The largest absolute Gasteiger partial charge is 0.465 e. The lowest BCUT2D eigenvalue weighted by Gasteiger charge is -2.07. The van der Waals surface area contributed by atoms with Gasteiger partial charge in [0.2, 0.25) is 0 Å². The van der Waals surface area contributed by atoms with E-state index in [4.69, 9.17) is 0 Å². The molecule has 0 unspecified atom stereocenters. The molecule has 0 bridgehead atoms. The van der Waals surface area contributed by atoms with E-state index in [0.717, 1.165) is 5.56 Å². The number of nitrogens with zero attached hydrogens (tertiary/aromatic N) is 1. The number of esters is 1. The van der Waals surface area contributed by atoms with Gasteiger partial charge in [0.25, 0.3) is 10.0 Å². The van der Waals surface area contributed by atoms with Crippen LogP contribution in [0.3, 0.4) is 0 Å². The number of hydrogen-bond acceptors (Lipinski definition) is 5. The number of hydrazone groups is 1. The van der Waals surface area contributed by atoms with Crippen molar-refractivity contribution in [2.24, 2.45) is 5.10 Å². The van der Waals surface area contributed by atoms with Crippen molar-refractivity contribution in [3.63, 3.8) is 0 Å². The molecule has 0 saturated carbocycles. The summed E-state index contributed by atoms with van der Waals surface area (Å²) in [4.78, 5) is 13.7. The van der Waals surface area contributed by atoms with E-state index in [2.05, 4.69) is 14.7 Å². The molecule has 2 aromatic rings. The van der Waals surface area contributed by atoms with Crippen LogP contribution in [-0.2, 0) is 14.8 Å². The second-order valence-electron chi connectivity index (χ2n) is 5.24. The molecule has 0 amide bonds. The lowest BCUT2D eigenvalue weighted by atomic mass is 10.1. The van der Waals surface area contributed by atoms with Crippen LogP contribution in [0.15, 0.2) is 52.5 Å². The summed E-state index contributed by atoms with van der Waals surface area (Å²) in [7, 11) is -2.43. The van der Waals surface area contributed by atoms with Gasteiger partial charge < -0.3 is 4.74 Å². The third-order valence-electron chi connectivity index (χ3n) is 3.35. The van der Waals surface area contributed by atoms with Gasteiger partial charge in [-0.05, 0) is 48.7 Å². The summed E-state index contributed by atoms with van der Waals surface area (Å²) in [6.45, 7) is 3.55. The summed E-state index contributed by atoms with van der Waals surface area (Å²) in [6.07, 6.45) is 1.36.